The van der Waals surface area contributed by atoms with Gasteiger partial charge in [0.1, 0.15) is 0 Å². The second kappa shape index (κ2) is 7.30. The summed E-state index contributed by atoms with van der Waals surface area (Å²) in [6, 6.07) is 1.50. The van der Waals surface area contributed by atoms with Crippen LogP contribution < -0.4 is 5.32 Å². The summed E-state index contributed by atoms with van der Waals surface area (Å²) in [6.45, 7) is 8.83. The second-order valence-electron chi connectivity index (χ2n) is 6.89. The first kappa shape index (κ1) is 17.0. The Labute approximate surface area is 135 Å². The van der Waals surface area contributed by atoms with E-state index in [9.17, 15) is 4.79 Å². The molecule has 2 bridgehead atoms. The number of halogens is 1. The van der Waals surface area contributed by atoms with Crippen molar-refractivity contribution < 1.29 is 4.79 Å². The van der Waals surface area contributed by atoms with Crippen molar-refractivity contribution >= 4 is 18.3 Å². The van der Waals surface area contributed by atoms with Crippen molar-refractivity contribution in [2.75, 3.05) is 26.2 Å². The van der Waals surface area contributed by atoms with Gasteiger partial charge >= 0.3 is 0 Å². The smallest absolute Gasteiger partial charge is 0.226 e. The van der Waals surface area contributed by atoms with Crippen LogP contribution in [0.4, 0.5) is 0 Å². The Morgan fingerprint density at radius 3 is 2.67 bits per heavy atom. The van der Waals surface area contributed by atoms with Crippen LogP contribution in [0.2, 0.25) is 0 Å². The van der Waals surface area contributed by atoms with Gasteiger partial charge in [-0.1, -0.05) is 6.92 Å². The number of likely N-dealkylation sites (tertiary alicyclic amines) is 1. The molecule has 0 radical (unpaired) electrons. The number of hydrogen-bond acceptors (Lipinski definition) is 3. The number of piperidine rings is 1. The normalized spacial score (nSPS) is 37.0. The van der Waals surface area contributed by atoms with Gasteiger partial charge in [-0.3, -0.25) is 4.79 Å². The minimum absolute atomic E-state index is 0. The average Bonchev–Trinajstić information content (AvgIpc) is 2.73. The first-order valence-corrected chi connectivity index (χ1v) is 8.47. The third kappa shape index (κ3) is 3.54. The fourth-order valence-corrected chi connectivity index (χ4v) is 4.36. The zero-order valence-corrected chi connectivity index (χ0v) is 14.2. The van der Waals surface area contributed by atoms with Crippen molar-refractivity contribution in [3.05, 3.63) is 0 Å². The fourth-order valence-electron chi connectivity index (χ4n) is 4.36. The molecule has 0 spiro atoms. The monoisotopic (exact) mass is 315 g/mol. The molecule has 0 aromatic rings. The van der Waals surface area contributed by atoms with Gasteiger partial charge in [0.15, 0.2) is 0 Å². The van der Waals surface area contributed by atoms with Crippen LogP contribution in [-0.2, 0) is 4.79 Å². The summed E-state index contributed by atoms with van der Waals surface area (Å²) in [5.41, 5.74) is 0. The molecule has 3 fully saturated rings. The predicted octanol–water partition coefficient (Wildman–Crippen LogP) is 1.88. The Morgan fingerprint density at radius 2 is 1.95 bits per heavy atom. The minimum atomic E-state index is 0. The summed E-state index contributed by atoms with van der Waals surface area (Å²) in [7, 11) is 0. The number of rotatable bonds is 2. The lowest BCUT2D eigenvalue weighted by atomic mass is 9.91. The molecule has 3 aliphatic rings. The average molecular weight is 316 g/mol. The minimum Gasteiger partial charge on any atom is -0.335 e. The maximum atomic E-state index is 13.0. The van der Waals surface area contributed by atoms with E-state index < -0.39 is 0 Å². The lowest BCUT2D eigenvalue weighted by Gasteiger charge is -2.35. The summed E-state index contributed by atoms with van der Waals surface area (Å²) in [5.74, 6) is 0.728. The van der Waals surface area contributed by atoms with Crippen LogP contribution in [0.25, 0.3) is 0 Å². The van der Waals surface area contributed by atoms with Crippen LogP contribution in [0.5, 0.6) is 0 Å². The molecule has 1 amide bonds. The van der Waals surface area contributed by atoms with E-state index in [1.807, 2.05) is 0 Å². The van der Waals surface area contributed by atoms with E-state index in [1.54, 1.807) is 0 Å². The molecule has 0 saturated carbocycles. The number of nitrogens with zero attached hydrogens (tertiary/aromatic N) is 2. The molecule has 21 heavy (non-hydrogen) atoms. The van der Waals surface area contributed by atoms with Gasteiger partial charge in [0.05, 0.1) is 0 Å². The predicted molar refractivity (Wildman–Crippen MR) is 87.8 cm³/mol. The van der Waals surface area contributed by atoms with Gasteiger partial charge in [0, 0.05) is 37.1 Å². The maximum Gasteiger partial charge on any atom is 0.226 e. The van der Waals surface area contributed by atoms with Crippen molar-refractivity contribution in [3.63, 3.8) is 0 Å². The first-order chi connectivity index (χ1) is 9.69. The van der Waals surface area contributed by atoms with Crippen molar-refractivity contribution in [1.82, 2.24) is 15.1 Å². The topological polar surface area (TPSA) is 35.6 Å². The maximum absolute atomic E-state index is 13.0. The van der Waals surface area contributed by atoms with Gasteiger partial charge in [-0.25, -0.2) is 0 Å². The quantitative estimate of drug-likeness (QED) is 0.845. The molecule has 0 aromatic heterocycles. The number of hydrogen-bond donors (Lipinski definition) is 1. The molecule has 4 atom stereocenters. The fraction of sp³-hybridized carbons (Fsp3) is 0.938. The number of nitrogens with one attached hydrogen (secondary N) is 1. The third-order valence-electron chi connectivity index (χ3n) is 5.54. The van der Waals surface area contributed by atoms with Gasteiger partial charge in [0.2, 0.25) is 5.91 Å². The summed E-state index contributed by atoms with van der Waals surface area (Å²) in [4.78, 5) is 17.8. The Hall–Kier alpha value is -0.320. The Kier molecular flexibility index (Phi) is 5.92. The highest BCUT2D eigenvalue weighted by Gasteiger charge is 2.42. The second-order valence-corrected chi connectivity index (χ2v) is 6.89. The number of carbonyl (C=O) groups is 1. The van der Waals surface area contributed by atoms with E-state index in [-0.39, 0.29) is 18.3 Å². The largest absolute Gasteiger partial charge is 0.335 e. The van der Waals surface area contributed by atoms with Crippen LogP contribution >= 0.6 is 12.4 Å². The number of fused-ring (bicyclic) bond motifs is 2. The Morgan fingerprint density at radius 1 is 1.19 bits per heavy atom. The van der Waals surface area contributed by atoms with Crippen LogP contribution in [-0.4, -0.2) is 60.0 Å². The molecule has 3 heterocycles. The van der Waals surface area contributed by atoms with Crippen molar-refractivity contribution in [2.24, 2.45) is 5.92 Å². The van der Waals surface area contributed by atoms with Crippen molar-refractivity contribution in [3.8, 4) is 0 Å². The Bertz CT molecular complexity index is 365. The van der Waals surface area contributed by atoms with Gasteiger partial charge in [-0.05, 0) is 52.1 Å². The van der Waals surface area contributed by atoms with Gasteiger partial charge in [-0.2, -0.15) is 0 Å². The molecule has 2 unspecified atom stereocenters. The summed E-state index contributed by atoms with van der Waals surface area (Å²) >= 11 is 0. The molecule has 0 aliphatic carbocycles. The first-order valence-electron chi connectivity index (χ1n) is 8.47. The highest BCUT2D eigenvalue weighted by atomic mass is 35.5. The van der Waals surface area contributed by atoms with Gasteiger partial charge < -0.3 is 15.1 Å². The molecule has 1 N–H and O–H groups in total. The van der Waals surface area contributed by atoms with Crippen LogP contribution in [0.1, 0.15) is 46.0 Å². The Balaban J connectivity index is 0.00000161. The van der Waals surface area contributed by atoms with E-state index >= 15 is 0 Å². The number of likely N-dealkylation sites (N-methyl/N-ethyl adjacent to an activating group) is 1. The lowest BCUT2D eigenvalue weighted by molar-refractivity contribution is -0.139. The van der Waals surface area contributed by atoms with Gasteiger partial charge in [0.25, 0.3) is 0 Å². The zero-order chi connectivity index (χ0) is 14.1. The molecular formula is C16H30ClN3O. The molecular weight excluding hydrogens is 286 g/mol. The lowest BCUT2D eigenvalue weighted by Crippen LogP contribution is -2.49. The zero-order valence-electron chi connectivity index (χ0n) is 13.4. The van der Waals surface area contributed by atoms with Gasteiger partial charge in [-0.15, -0.1) is 12.4 Å². The molecule has 3 saturated heterocycles. The van der Waals surface area contributed by atoms with E-state index in [0.29, 0.717) is 24.0 Å². The van der Waals surface area contributed by atoms with Crippen LogP contribution in [0, 0.1) is 5.92 Å². The molecule has 0 aromatic carbocycles. The van der Waals surface area contributed by atoms with Crippen LogP contribution in [0.15, 0.2) is 0 Å². The SMILES string of the molecule is CCN1CCC2CCC(C1)N2C(=O)[C@H]1CCN[C@@H](C)C1.Cl. The van der Waals surface area contributed by atoms with Crippen LogP contribution in [0.3, 0.4) is 0 Å². The van der Waals surface area contributed by atoms with E-state index in [2.05, 4.69) is 29.0 Å². The molecule has 3 aliphatic heterocycles. The standard InChI is InChI=1S/C16H29N3O.ClH/c1-3-18-9-7-14-4-5-15(11-18)19(14)16(20)13-6-8-17-12(2)10-13;/h12-15,17H,3-11H2,1-2H3;1H/t12-,13-,14?,15?;/m0./s1. The summed E-state index contributed by atoms with van der Waals surface area (Å²) < 4.78 is 0. The molecule has 3 rings (SSSR count). The van der Waals surface area contributed by atoms with E-state index in [4.69, 9.17) is 0 Å². The highest BCUT2D eigenvalue weighted by molar-refractivity contribution is 5.85. The molecule has 5 heteroatoms. The number of amides is 1. The molecule has 4 nitrogen and oxygen atoms in total. The van der Waals surface area contributed by atoms with Crippen molar-refractivity contribution in [2.45, 2.75) is 64.1 Å². The number of carbonyl (C=O) groups excluding carboxylic acids is 1. The summed E-state index contributed by atoms with van der Waals surface area (Å²) in [5, 5.41) is 3.46. The van der Waals surface area contributed by atoms with E-state index in [1.165, 1.54) is 25.8 Å². The highest BCUT2D eigenvalue weighted by Crippen LogP contribution is 2.33. The van der Waals surface area contributed by atoms with Crippen molar-refractivity contribution in [1.29, 1.82) is 0 Å². The third-order valence-corrected chi connectivity index (χ3v) is 5.54. The summed E-state index contributed by atoms with van der Waals surface area (Å²) in [6.07, 6.45) is 5.67. The molecule has 122 valence electrons. The van der Waals surface area contributed by atoms with E-state index in [0.717, 1.165) is 32.5 Å².